The molecule has 0 bridgehead atoms. The monoisotopic (exact) mass is 164 g/mol. The number of rotatable bonds is 0. The van der Waals surface area contributed by atoms with Gasteiger partial charge in [0.25, 0.3) is 0 Å². The van der Waals surface area contributed by atoms with Crippen molar-refractivity contribution in [1.82, 2.24) is 0 Å². The second-order valence-corrected chi connectivity index (χ2v) is 2.41. The molecule has 1 heterocycles. The summed E-state index contributed by atoms with van der Waals surface area (Å²) in [7, 11) is 0. The first kappa shape index (κ1) is 7.03. The molecule has 0 atom stereocenters. The molecule has 0 aromatic heterocycles. The van der Waals surface area contributed by atoms with Gasteiger partial charge in [0.15, 0.2) is 11.5 Å². The van der Waals surface area contributed by atoms with E-state index in [4.69, 9.17) is 9.47 Å². The summed E-state index contributed by atoms with van der Waals surface area (Å²) in [6, 6.07) is 5.01. The molecular formula is C9H8O3. The van der Waals surface area contributed by atoms with Gasteiger partial charge in [0.05, 0.1) is 6.26 Å². The first-order chi connectivity index (χ1) is 5.88. The van der Waals surface area contributed by atoms with E-state index < -0.39 is 0 Å². The molecule has 0 fully saturated rings. The van der Waals surface area contributed by atoms with Crippen molar-refractivity contribution in [3.05, 3.63) is 30.5 Å². The molecule has 2 rings (SSSR count). The number of fused-ring (bicyclic) bond motifs is 1. The first-order valence-corrected chi connectivity index (χ1v) is 3.64. The third kappa shape index (κ3) is 1.09. The van der Waals surface area contributed by atoms with Crippen LogP contribution in [0.15, 0.2) is 30.5 Å². The zero-order valence-electron chi connectivity index (χ0n) is 6.36. The smallest absolute Gasteiger partial charge is 0.204 e. The van der Waals surface area contributed by atoms with Gasteiger partial charge in [-0.15, -0.1) is 0 Å². The van der Waals surface area contributed by atoms with Crippen LogP contribution in [0.3, 0.4) is 0 Å². The molecule has 0 radical (unpaired) electrons. The topological polar surface area (TPSA) is 38.7 Å². The van der Waals surface area contributed by atoms with E-state index in [1.165, 1.54) is 0 Å². The van der Waals surface area contributed by atoms with Gasteiger partial charge in [-0.1, -0.05) is 6.07 Å². The maximum atomic E-state index is 9.35. The third-order valence-corrected chi connectivity index (χ3v) is 1.57. The molecule has 0 unspecified atom stereocenters. The summed E-state index contributed by atoms with van der Waals surface area (Å²) in [4.78, 5) is 0. The maximum Gasteiger partial charge on any atom is 0.204 e. The number of phenols is 1. The Balaban J connectivity index is 2.47. The second-order valence-electron chi connectivity index (χ2n) is 2.41. The van der Waals surface area contributed by atoms with Crippen LogP contribution >= 0.6 is 0 Å². The highest BCUT2D eigenvalue weighted by molar-refractivity contribution is 5.50. The summed E-state index contributed by atoms with van der Waals surface area (Å²) in [5.74, 6) is 1.06. The Kier molecular flexibility index (Phi) is 1.63. The summed E-state index contributed by atoms with van der Waals surface area (Å²) in [6.45, 7) is 0.421. The highest BCUT2D eigenvalue weighted by Gasteiger charge is 2.10. The molecule has 3 nitrogen and oxygen atoms in total. The highest BCUT2D eigenvalue weighted by atomic mass is 16.5. The van der Waals surface area contributed by atoms with Gasteiger partial charge in [-0.2, -0.15) is 0 Å². The molecule has 62 valence electrons. The van der Waals surface area contributed by atoms with E-state index in [1.54, 1.807) is 30.5 Å². The van der Waals surface area contributed by atoms with E-state index in [-0.39, 0.29) is 5.75 Å². The lowest BCUT2D eigenvalue weighted by atomic mass is 10.3. The molecule has 1 aromatic carbocycles. The third-order valence-electron chi connectivity index (χ3n) is 1.57. The van der Waals surface area contributed by atoms with Crippen LogP contribution < -0.4 is 9.47 Å². The molecule has 1 aliphatic rings. The Hall–Kier alpha value is -1.64. The van der Waals surface area contributed by atoms with Crippen LogP contribution in [0.1, 0.15) is 0 Å². The van der Waals surface area contributed by atoms with Gasteiger partial charge >= 0.3 is 0 Å². The summed E-state index contributed by atoms with van der Waals surface area (Å²) in [5, 5.41) is 9.35. The largest absolute Gasteiger partial charge is 0.504 e. The Bertz CT molecular complexity index is 318. The number of aromatic hydroxyl groups is 1. The number of para-hydroxylation sites is 1. The van der Waals surface area contributed by atoms with Crippen molar-refractivity contribution in [2.75, 3.05) is 6.61 Å². The standard InChI is InChI=1S/C9H8O3/c10-7-3-1-4-8-9(7)12-6-2-5-11-8/h1-5,10H,6H2. The fourth-order valence-corrected chi connectivity index (χ4v) is 1.03. The Morgan fingerprint density at radius 1 is 1.33 bits per heavy atom. The molecule has 3 heteroatoms. The van der Waals surface area contributed by atoms with Crippen LogP contribution in [0.2, 0.25) is 0 Å². The normalized spacial score (nSPS) is 14.0. The summed E-state index contributed by atoms with van der Waals surface area (Å²) >= 11 is 0. The van der Waals surface area contributed by atoms with Crippen LogP contribution in [0.4, 0.5) is 0 Å². The Morgan fingerprint density at radius 2 is 2.25 bits per heavy atom. The lowest BCUT2D eigenvalue weighted by Crippen LogP contribution is -1.91. The van der Waals surface area contributed by atoms with E-state index >= 15 is 0 Å². The SMILES string of the molecule is Oc1cccc2c1OCC=CO2. The Labute approximate surface area is 69.9 Å². The highest BCUT2D eigenvalue weighted by Crippen LogP contribution is 2.36. The predicted octanol–water partition coefficient (Wildman–Crippen LogP) is 1.68. The maximum absolute atomic E-state index is 9.35. The van der Waals surface area contributed by atoms with Crippen LogP contribution in [0.25, 0.3) is 0 Å². The van der Waals surface area contributed by atoms with Crippen molar-refractivity contribution in [2.24, 2.45) is 0 Å². The molecule has 0 amide bonds. The van der Waals surface area contributed by atoms with E-state index in [2.05, 4.69) is 0 Å². The molecule has 0 saturated carbocycles. The lowest BCUT2D eigenvalue weighted by molar-refractivity contribution is 0.330. The van der Waals surface area contributed by atoms with Gasteiger partial charge in [0.2, 0.25) is 5.75 Å². The first-order valence-electron chi connectivity index (χ1n) is 3.64. The van der Waals surface area contributed by atoms with Gasteiger partial charge in [-0.25, -0.2) is 0 Å². The molecule has 1 N–H and O–H groups in total. The minimum Gasteiger partial charge on any atom is -0.504 e. The van der Waals surface area contributed by atoms with Crippen molar-refractivity contribution in [3.8, 4) is 17.2 Å². The van der Waals surface area contributed by atoms with Crippen LogP contribution in [-0.2, 0) is 0 Å². The van der Waals surface area contributed by atoms with Crippen molar-refractivity contribution in [2.45, 2.75) is 0 Å². The fraction of sp³-hybridized carbons (Fsp3) is 0.111. The minimum absolute atomic E-state index is 0.108. The summed E-state index contributed by atoms with van der Waals surface area (Å²) < 4.78 is 10.4. The summed E-state index contributed by atoms with van der Waals surface area (Å²) in [5.41, 5.74) is 0. The van der Waals surface area contributed by atoms with Crippen molar-refractivity contribution >= 4 is 0 Å². The number of hydrogen-bond acceptors (Lipinski definition) is 3. The van der Waals surface area contributed by atoms with Gasteiger partial charge in [-0.05, 0) is 18.2 Å². The molecule has 12 heavy (non-hydrogen) atoms. The molecule has 1 aromatic rings. The van der Waals surface area contributed by atoms with E-state index in [9.17, 15) is 5.11 Å². The zero-order valence-corrected chi connectivity index (χ0v) is 6.36. The predicted molar refractivity (Wildman–Crippen MR) is 43.4 cm³/mol. The van der Waals surface area contributed by atoms with Crippen molar-refractivity contribution < 1.29 is 14.6 Å². The van der Waals surface area contributed by atoms with Gasteiger partial charge in [0, 0.05) is 0 Å². The van der Waals surface area contributed by atoms with Crippen molar-refractivity contribution in [1.29, 1.82) is 0 Å². The minimum atomic E-state index is 0.108. The molecular weight excluding hydrogens is 156 g/mol. The zero-order chi connectivity index (χ0) is 8.39. The molecule has 1 aliphatic heterocycles. The average molecular weight is 164 g/mol. The average Bonchev–Trinajstić information content (AvgIpc) is 2.30. The fourth-order valence-electron chi connectivity index (χ4n) is 1.03. The van der Waals surface area contributed by atoms with E-state index in [1.807, 2.05) is 0 Å². The Morgan fingerprint density at radius 3 is 3.17 bits per heavy atom. The van der Waals surface area contributed by atoms with E-state index in [0.717, 1.165) is 0 Å². The molecule has 0 spiro atoms. The molecule has 0 aliphatic carbocycles. The number of benzene rings is 1. The van der Waals surface area contributed by atoms with Gasteiger partial charge < -0.3 is 14.6 Å². The quantitative estimate of drug-likeness (QED) is 0.634. The summed E-state index contributed by atoms with van der Waals surface area (Å²) in [6.07, 6.45) is 3.28. The van der Waals surface area contributed by atoms with Crippen LogP contribution in [-0.4, -0.2) is 11.7 Å². The second kappa shape index (κ2) is 2.77. The van der Waals surface area contributed by atoms with Crippen molar-refractivity contribution in [3.63, 3.8) is 0 Å². The van der Waals surface area contributed by atoms with Crippen LogP contribution in [0.5, 0.6) is 17.2 Å². The molecule has 0 saturated heterocycles. The number of phenolic OH excluding ortho intramolecular Hbond substituents is 1. The lowest BCUT2D eigenvalue weighted by Gasteiger charge is -2.06. The van der Waals surface area contributed by atoms with Gasteiger partial charge in [0.1, 0.15) is 6.61 Å². The van der Waals surface area contributed by atoms with E-state index in [0.29, 0.717) is 18.1 Å². The van der Waals surface area contributed by atoms with Gasteiger partial charge in [-0.3, -0.25) is 0 Å². The van der Waals surface area contributed by atoms with Crippen LogP contribution in [0, 0.1) is 0 Å². The number of ether oxygens (including phenoxy) is 2. The number of hydrogen-bond donors (Lipinski definition) is 1.